The summed E-state index contributed by atoms with van der Waals surface area (Å²) in [6.45, 7) is 4.67. The van der Waals surface area contributed by atoms with Crippen LogP contribution in [-0.4, -0.2) is 91.2 Å². The predicted molar refractivity (Wildman–Crippen MR) is 116 cm³/mol. The second kappa shape index (κ2) is 10.3. The fourth-order valence-corrected chi connectivity index (χ4v) is 4.58. The first kappa shape index (κ1) is 27.8. The standard InChI is InChI=1S/C22H31F3N4O7/c1-20(2,3)28-18(33)19(34)29-9-21(10-35-11-21)7-14(29)17(32)27-13(6-12-4-5-26-16(12)31)15(30)8-36-22(23,24)25/h12-14H,4-11H2,1-3H3,(H,26,31)(H,27,32)(H,28,33)/t12-,13-,14-/m0/s1. The maximum Gasteiger partial charge on any atom is 0.522 e. The molecule has 3 aliphatic rings. The first-order valence-electron chi connectivity index (χ1n) is 11.6. The van der Waals surface area contributed by atoms with Gasteiger partial charge in [0.15, 0.2) is 5.78 Å². The minimum Gasteiger partial charge on any atom is -0.380 e. The van der Waals surface area contributed by atoms with Crippen molar-refractivity contribution in [3.63, 3.8) is 0 Å². The van der Waals surface area contributed by atoms with E-state index in [0.717, 1.165) is 4.90 Å². The lowest BCUT2D eigenvalue weighted by molar-refractivity contribution is -0.321. The number of alkyl halides is 3. The molecule has 1 spiro atoms. The van der Waals surface area contributed by atoms with E-state index in [-0.39, 0.29) is 38.5 Å². The molecular formula is C22H31F3N4O7. The smallest absolute Gasteiger partial charge is 0.380 e. The molecular weight excluding hydrogens is 489 g/mol. The van der Waals surface area contributed by atoms with Gasteiger partial charge in [-0.2, -0.15) is 0 Å². The molecule has 0 aliphatic carbocycles. The minimum absolute atomic E-state index is 0.0717. The van der Waals surface area contributed by atoms with Crippen LogP contribution < -0.4 is 16.0 Å². The van der Waals surface area contributed by atoms with Gasteiger partial charge in [-0.15, -0.1) is 13.2 Å². The summed E-state index contributed by atoms with van der Waals surface area (Å²) in [6, 6.07) is -2.60. The van der Waals surface area contributed by atoms with Crippen LogP contribution in [0, 0.1) is 11.3 Å². The van der Waals surface area contributed by atoms with Gasteiger partial charge < -0.3 is 25.6 Å². The maximum absolute atomic E-state index is 13.3. The van der Waals surface area contributed by atoms with Gasteiger partial charge in [0, 0.05) is 30.0 Å². The van der Waals surface area contributed by atoms with E-state index in [2.05, 4.69) is 20.7 Å². The number of nitrogens with zero attached hydrogens (tertiary/aromatic N) is 1. The van der Waals surface area contributed by atoms with Crippen LogP contribution in [0.15, 0.2) is 0 Å². The van der Waals surface area contributed by atoms with Crippen LogP contribution in [0.2, 0.25) is 0 Å². The van der Waals surface area contributed by atoms with Gasteiger partial charge in [-0.3, -0.25) is 28.7 Å². The van der Waals surface area contributed by atoms with Gasteiger partial charge >= 0.3 is 18.2 Å². The third-order valence-corrected chi connectivity index (χ3v) is 6.34. The molecule has 3 N–H and O–H groups in total. The summed E-state index contributed by atoms with van der Waals surface area (Å²) >= 11 is 0. The third kappa shape index (κ3) is 6.93. The SMILES string of the molecule is CC(C)(C)NC(=O)C(=O)N1CC2(COC2)C[C@H]1C(=O)N[C@@H](C[C@@H]1CCNC1=O)C(=O)COC(F)(F)F. The van der Waals surface area contributed by atoms with Crippen LogP contribution in [0.4, 0.5) is 13.2 Å². The highest BCUT2D eigenvalue weighted by Crippen LogP contribution is 2.41. The van der Waals surface area contributed by atoms with Crippen molar-refractivity contribution in [2.75, 3.05) is 32.9 Å². The van der Waals surface area contributed by atoms with Gasteiger partial charge in [-0.05, 0) is 40.0 Å². The van der Waals surface area contributed by atoms with E-state index >= 15 is 0 Å². The van der Waals surface area contributed by atoms with Crippen LogP contribution in [-0.2, 0) is 33.4 Å². The number of hydrogen-bond donors (Lipinski definition) is 3. The quantitative estimate of drug-likeness (QED) is 0.389. The van der Waals surface area contributed by atoms with Crippen molar-refractivity contribution < 1.29 is 46.6 Å². The van der Waals surface area contributed by atoms with Crippen molar-refractivity contribution in [1.82, 2.24) is 20.9 Å². The number of ketones is 1. The summed E-state index contributed by atoms with van der Waals surface area (Å²) in [5, 5.41) is 7.54. The van der Waals surface area contributed by atoms with Crippen LogP contribution in [0.25, 0.3) is 0 Å². The van der Waals surface area contributed by atoms with E-state index in [0.29, 0.717) is 13.0 Å². The van der Waals surface area contributed by atoms with Crippen molar-refractivity contribution in [1.29, 1.82) is 0 Å². The highest BCUT2D eigenvalue weighted by molar-refractivity contribution is 6.35. The Bertz CT molecular complexity index is 914. The maximum atomic E-state index is 13.3. The molecule has 0 saturated carbocycles. The number of rotatable bonds is 7. The van der Waals surface area contributed by atoms with E-state index in [1.54, 1.807) is 20.8 Å². The molecule has 14 heteroatoms. The van der Waals surface area contributed by atoms with Gasteiger partial charge in [-0.1, -0.05) is 0 Å². The molecule has 36 heavy (non-hydrogen) atoms. The van der Waals surface area contributed by atoms with Crippen LogP contribution in [0.5, 0.6) is 0 Å². The van der Waals surface area contributed by atoms with Gasteiger partial charge in [-0.25, -0.2) is 0 Å². The lowest BCUT2D eigenvalue weighted by atomic mass is 9.83. The number of amides is 4. The molecule has 0 bridgehead atoms. The molecule has 0 radical (unpaired) electrons. The van der Waals surface area contributed by atoms with Crippen molar-refractivity contribution in [2.24, 2.45) is 11.3 Å². The van der Waals surface area contributed by atoms with Gasteiger partial charge in [0.1, 0.15) is 12.6 Å². The third-order valence-electron chi connectivity index (χ3n) is 6.34. The van der Waals surface area contributed by atoms with E-state index < -0.39 is 65.4 Å². The lowest BCUT2D eigenvalue weighted by Gasteiger charge is -2.37. The van der Waals surface area contributed by atoms with Crippen molar-refractivity contribution in [3.8, 4) is 0 Å². The Morgan fingerprint density at radius 2 is 1.89 bits per heavy atom. The lowest BCUT2D eigenvalue weighted by Crippen LogP contribution is -2.56. The monoisotopic (exact) mass is 520 g/mol. The van der Waals surface area contributed by atoms with Crippen LogP contribution >= 0.6 is 0 Å². The molecule has 0 aromatic carbocycles. The Hall–Kier alpha value is -2.74. The zero-order chi connectivity index (χ0) is 26.9. The van der Waals surface area contributed by atoms with Crippen molar-refractivity contribution in [2.45, 2.75) is 64.0 Å². The summed E-state index contributed by atoms with van der Waals surface area (Å²) in [5.74, 6) is -4.78. The zero-order valence-corrected chi connectivity index (χ0v) is 20.3. The fourth-order valence-electron chi connectivity index (χ4n) is 4.58. The summed E-state index contributed by atoms with van der Waals surface area (Å²) in [5.41, 5.74) is -1.25. The Labute approximate surface area is 205 Å². The first-order chi connectivity index (χ1) is 16.6. The highest BCUT2D eigenvalue weighted by Gasteiger charge is 2.54. The van der Waals surface area contributed by atoms with Gasteiger partial charge in [0.2, 0.25) is 11.8 Å². The van der Waals surface area contributed by atoms with Gasteiger partial charge in [0.05, 0.1) is 19.3 Å². The summed E-state index contributed by atoms with van der Waals surface area (Å²) < 4.78 is 46.4. The number of carbonyl (C=O) groups is 5. The summed E-state index contributed by atoms with van der Waals surface area (Å²) in [6.07, 6.45) is -4.78. The summed E-state index contributed by atoms with van der Waals surface area (Å²) in [7, 11) is 0. The molecule has 3 fully saturated rings. The van der Waals surface area contributed by atoms with Crippen LogP contribution in [0.1, 0.15) is 40.0 Å². The molecule has 11 nitrogen and oxygen atoms in total. The summed E-state index contributed by atoms with van der Waals surface area (Å²) in [4.78, 5) is 64.4. The average Bonchev–Trinajstić information content (AvgIpc) is 3.33. The van der Waals surface area contributed by atoms with E-state index in [1.165, 1.54) is 0 Å². The number of hydrogen-bond acceptors (Lipinski definition) is 7. The number of Topliss-reactive ketones (excluding diaryl/α,β-unsaturated/α-hetero) is 1. The van der Waals surface area contributed by atoms with E-state index in [4.69, 9.17) is 4.74 Å². The molecule has 202 valence electrons. The number of carbonyl (C=O) groups excluding carboxylic acids is 5. The number of nitrogens with one attached hydrogen (secondary N) is 3. The molecule has 4 amide bonds. The zero-order valence-electron chi connectivity index (χ0n) is 20.3. The molecule has 3 atom stereocenters. The Morgan fingerprint density at radius 3 is 2.39 bits per heavy atom. The minimum atomic E-state index is -5.05. The Balaban J connectivity index is 1.76. The van der Waals surface area contributed by atoms with Crippen LogP contribution in [0.3, 0.4) is 0 Å². The first-order valence-corrected chi connectivity index (χ1v) is 11.6. The van der Waals surface area contributed by atoms with Crippen molar-refractivity contribution in [3.05, 3.63) is 0 Å². The molecule has 3 rings (SSSR count). The average molecular weight is 521 g/mol. The number of ether oxygens (including phenoxy) is 2. The molecule has 3 saturated heterocycles. The number of halogens is 3. The number of likely N-dealkylation sites (tertiary alicyclic amines) is 1. The highest BCUT2D eigenvalue weighted by atomic mass is 19.4. The molecule has 0 aromatic heterocycles. The molecule has 3 aliphatic heterocycles. The largest absolute Gasteiger partial charge is 0.522 e. The van der Waals surface area contributed by atoms with Gasteiger partial charge in [0.25, 0.3) is 0 Å². The second-order valence-corrected chi connectivity index (χ2v) is 10.6. The molecule has 0 unspecified atom stereocenters. The van der Waals surface area contributed by atoms with Crippen molar-refractivity contribution >= 4 is 29.4 Å². The predicted octanol–water partition coefficient (Wildman–Crippen LogP) is -0.365. The normalized spacial score (nSPS) is 24.2. The molecule has 3 heterocycles. The molecule has 0 aromatic rings. The topological polar surface area (TPSA) is 143 Å². The fraction of sp³-hybridized carbons (Fsp3) is 0.773. The second-order valence-electron chi connectivity index (χ2n) is 10.6. The van der Waals surface area contributed by atoms with E-state index in [9.17, 15) is 37.1 Å². The van der Waals surface area contributed by atoms with E-state index in [1.807, 2.05) is 0 Å². The Morgan fingerprint density at radius 1 is 1.22 bits per heavy atom. The Kier molecular flexibility index (Phi) is 7.98.